The molecule has 80 valence electrons. The van der Waals surface area contributed by atoms with Crippen LogP contribution in [0.1, 0.15) is 25.6 Å². The second-order valence-corrected chi connectivity index (χ2v) is 3.79. The van der Waals surface area contributed by atoms with Crippen LogP contribution in [-0.2, 0) is 6.54 Å². The minimum atomic E-state index is 0.388. The zero-order valence-electron chi connectivity index (χ0n) is 8.96. The average Bonchev–Trinajstić information content (AvgIpc) is 2.77. The van der Waals surface area contributed by atoms with Crippen LogP contribution in [-0.4, -0.2) is 19.3 Å². The van der Waals surface area contributed by atoms with Gasteiger partial charge in [0.05, 0.1) is 12.2 Å². The Kier molecular flexibility index (Phi) is 2.45. The summed E-state index contributed by atoms with van der Waals surface area (Å²) < 4.78 is 3.80. The van der Waals surface area contributed by atoms with Crippen molar-refractivity contribution in [2.45, 2.75) is 26.4 Å². The number of hydrogen-bond acceptors (Lipinski definition) is 3. The molecule has 2 aromatic heterocycles. The molecule has 0 aliphatic heterocycles. The fourth-order valence-corrected chi connectivity index (χ4v) is 1.40. The highest BCUT2D eigenvalue weighted by Crippen LogP contribution is 2.07. The number of aromatic nitrogens is 4. The molecule has 5 nitrogen and oxygen atoms in total. The van der Waals surface area contributed by atoms with Gasteiger partial charge in [-0.05, 0) is 19.9 Å². The Morgan fingerprint density at radius 1 is 1.40 bits per heavy atom. The van der Waals surface area contributed by atoms with Crippen LogP contribution < -0.4 is 5.73 Å². The topological polar surface area (TPSA) is 61.7 Å². The molecular weight excluding hydrogens is 190 g/mol. The van der Waals surface area contributed by atoms with E-state index < -0.39 is 0 Å². The Hall–Kier alpha value is -1.78. The molecule has 2 rings (SSSR count). The molecule has 2 aromatic rings. The van der Waals surface area contributed by atoms with Gasteiger partial charge < -0.3 is 10.3 Å². The minimum Gasteiger partial charge on any atom is -0.369 e. The smallest absolute Gasteiger partial charge is 0.200 e. The van der Waals surface area contributed by atoms with E-state index in [9.17, 15) is 0 Å². The summed E-state index contributed by atoms with van der Waals surface area (Å²) in [6.45, 7) is 4.87. The second-order valence-electron chi connectivity index (χ2n) is 3.79. The summed E-state index contributed by atoms with van der Waals surface area (Å²) in [4.78, 5) is 3.96. The molecule has 0 bridgehead atoms. The van der Waals surface area contributed by atoms with Gasteiger partial charge in [0, 0.05) is 24.6 Å². The van der Waals surface area contributed by atoms with Crippen molar-refractivity contribution in [2.75, 3.05) is 5.73 Å². The first-order chi connectivity index (χ1) is 7.16. The molecule has 2 heterocycles. The van der Waals surface area contributed by atoms with Crippen LogP contribution in [0.25, 0.3) is 0 Å². The zero-order valence-corrected chi connectivity index (χ0v) is 8.96. The Labute approximate surface area is 88.5 Å². The van der Waals surface area contributed by atoms with E-state index in [1.165, 1.54) is 0 Å². The number of anilines is 1. The summed E-state index contributed by atoms with van der Waals surface area (Å²) in [7, 11) is 0. The van der Waals surface area contributed by atoms with Gasteiger partial charge in [0.25, 0.3) is 0 Å². The SMILES string of the molecule is CC(C)n1ccc(Cn2ccnc2N)n1. The third-order valence-corrected chi connectivity index (χ3v) is 2.27. The largest absolute Gasteiger partial charge is 0.369 e. The van der Waals surface area contributed by atoms with Crippen molar-refractivity contribution in [3.63, 3.8) is 0 Å². The first-order valence-corrected chi connectivity index (χ1v) is 4.97. The normalized spacial score (nSPS) is 11.1. The molecule has 15 heavy (non-hydrogen) atoms. The van der Waals surface area contributed by atoms with E-state index >= 15 is 0 Å². The van der Waals surface area contributed by atoms with Gasteiger partial charge in [0.15, 0.2) is 5.95 Å². The highest BCUT2D eigenvalue weighted by Gasteiger charge is 2.04. The summed E-state index contributed by atoms with van der Waals surface area (Å²) in [6.07, 6.45) is 5.52. The summed E-state index contributed by atoms with van der Waals surface area (Å²) in [5.41, 5.74) is 6.67. The van der Waals surface area contributed by atoms with Crippen LogP contribution in [0.2, 0.25) is 0 Å². The van der Waals surface area contributed by atoms with E-state index in [0.717, 1.165) is 5.69 Å². The molecule has 0 fully saturated rings. The standard InChI is InChI=1S/C10H15N5/c1-8(2)15-5-3-9(13-15)7-14-6-4-12-10(14)11/h3-6,8H,7H2,1-2H3,(H2,11,12). The van der Waals surface area contributed by atoms with Gasteiger partial charge in [0.1, 0.15) is 0 Å². The number of nitrogen functional groups attached to an aromatic ring is 1. The summed E-state index contributed by atoms with van der Waals surface area (Å²) in [5, 5.41) is 4.44. The van der Waals surface area contributed by atoms with Gasteiger partial charge >= 0.3 is 0 Å². The van der Waals surface area contributed by atoms with Gasteiger partial charge in [-0.2, -0.15) is 5.10 Å². The maximum Gasteiger partial charge on any atom is 0.200 e. The molecule has 0 aliphatic rings. The maximum absolute atomic E-state index is 5.67. The molecule has 0 aromatic carbocycles. The molecule has 0 saturated carbocycles. The van der Waals surface area contributed by atoms with Crippen molar-refractivity contribution < 1.29 is 0 Å². The van der Waals surface area contributed by atoms with E-state index in [0.29, 0.717) is 18.5 Å². The predicted octanol–water partition coefficient (Wildman–Crippen LogP) is 1.29. The Balaban J connectivity index is 2.15. The second kappa shape index (κ2) is 3.76. The zero-order chi connectivity index (χ0) is 10.8. The van der Waals surface area contributed by atoms with E-state index in [1.807, 2.05) is 27.7 Å². The first-order valence-electron chi connectivity index (χ1n) is 4.97. The van der Waals surface area contributed by atoms with Crippen LogP contribution in [0.15, 0.2) is 24.7 Å². The molecular formula is C10H15N5. The van der Waals surface area contributed by atoms with E-state index in [-0.39, 0.29) is 0 Å². The van der Waals surface area contributed by atoms with Crippen LogP contribution in [0, 0.1) is 0 Å². The highest BCUT2D eigenvalue weighted by atomic mass is 15.3. The van der Waals surface area contributed by atoms with Gasteiger partial charge in [-0.15, -0.1) is 0 Å². The van der Waals surface area contributed by atoms with Crippen molar-refractivity contribution in [3.05, 3.63) is 30.4 Å². The fourth-order valence-electron chi connectivity index (χ4n) is 1.40. The number of nitrogens with two attached hydrogens (primary N) is 1. The Bertz CT molecular complexity index is 440. The number of nitrogens with zero attached hydrogens (tertiary/aromatic N) is 4. The number of rotatable bonds is 3. The third-order valence-electron chi connectivity index (χ3n) is 2.27. The number of imidazole rings is 1. The quantitative estimate of drug-likeness (QED) is 0.821. The van der Waals surface area contributed by atoms with Crippen molar-refractivity contribution in [3.8, 4) is 0 Å². The average molecular weight is 205 g/mol. The molecule has 0 radical (unpaired) electrons. The van der Waals surface area contributed by atoms with Crippen molar-refractivity contribution >= 4 is 5.95 Å². The van der Waals surface area contributed by atoms with Crippen molar-refractivity contribution in [1.82, 2.24) is 19.3 Å². The van der Waals surface area contributed by atoms with Gasteiger partial charge in [-0.25, -0.2) is 4.98 Å². The lowest BCUT2D eigenvalue weighted by Gasteiger charge is -2.04. The van der Waals surface area contributed by atoms with Crippen LogP contribution in [0.5, 0.6) is 0 Å². The van der Waals surface area contributed by atoms with Gasteiger partial charge in [-0.3, -0.25) is 4.68 Å². The predicted molar refractivity (Wildman–Crippen MR) is 58.4 cm³/mol. The summed E-state index contributed by atoms with van der Waals surface area (Å²) in [6, 6.07) is 2.39. The van der Waals surface area contributed by atoms with Crippen LogP contribution in [0.4, 0.5) is 5.95 Å². The number of hydrogen-bond donors (Lipinski definition) is 1. The summed E-state index contributed by atoms with van der Waals surface area (Å²) >= 11 is 0. The third kappa shape index (κ3) is 2.01. The van der Waals surface area contributed by atoms with E-state index in [1.54, 1.807) is 6.20 Å². The molecule has 5 heteroatoms. The molecule has 0 spiro atoms. The Morgan fingerprint density at radius 2 is 2.20 bits per heavy atom. The summed E-state index contributed by atoms with van der Waals surface area (Å²) in [5.74, 6) is 0.522. The van der Waals surface area contributed by atoms with Crippen molar-refractivity contribution in [2.24, 2.45) is 0 Å². The molecule has 0 saturated heterocycles. The lowest BCUT2D eigenvalue weighted by Crippen LogP contribution is -2.06. The molecule has 2 N–H and O–H groups in total. The lowest BCUT2D eigenvalue weighted by atomic mass is 10.4. The Morgan fingerprint density at radius 3 is 2.73 bits per heavy atom. The molecule has 0 atom stereocenters. The van der Waals surface area contributed by atoms with E-state index in [2.05, 4.69) is 23.9 Å². The maximum atomic E-state index is 5.67. The monoisotopic (exact) mass is 205 g/mol. The van der Waals surface area contributed by atoms with Crippen LogP contribution >= 0.6 is 0 Å². The molecule has 0 aliphatic carbocycles. The fraction of sp³-hybridized carbons (Fsp3) is 0.400. The van der Waals surface area contributed by atoms with Gasteiger partial charge in [0.2, 0.25) is 0 Å². The van der Waals surface area contributed by atoms with Gasteiger partial charge in [-0.1, -0.05) is 0 Å². The molecule has 0 amide bonds. The van der Waals surface area contributed by atoms with Crippen LogP contribution in [0.3, 0.4) is 0 Å². The molecule has 0 unspecified atom stereocenters. The minimum absolute atomic E-state index is 0.388. The van der Waals surface area contributed by atoms with E-state index in [4.69, 9.17) is 5.73 Å². The highest BCUT2D eigenvalue weighted by molar-refractivity contribution is 5.18. The lowest BCUT2D eigenvalue weighted by molar-refractivity contribution is 0.524. The first kappa shape index (κ1) is 9.76. The van der Waals surface area contributed by atoms with Crippen molar-refractivity contribution in [1.29, 1.82) is 0 Å².